The quantitative estimate of drug-likeness (QED) is 0.194. The van der Waals surface area contributed by atoms with E-state index in [0.29, 0.717) is 0 Å². The molecule has 0 saturated heterocycles. The minimum absolute atomic E-state index is 0.112. The lowest BCUT2D eigenvalue weighted by Crippen LogP contribution is -2.15. The molecule has 0 unspecified atom stereocenters. The van der Waals surface area contributed by atoms with E-state index in [-0.39, 0.29) is 5.41 Å². The Morgan fingerprint density at radius 1 is 0.477 bits per heavy atom. The van der Waals surface area contributed by atoms with E-state index in [1.54, 1.807) is 0 Å². The van der Waals surface area contributed by atoms with E-state index in [1.165, 1.54) is 65.3 Å². The van der Waals surface area contributed by atoms with Gasteiger partial charge in [-0.15, -0.1) is 0 Å². The molecule has 1 nitrogen and oxygen atoms in total. The second-order valence-electron chi connectivity index (χ2n) is 12.9. The number of rotatable bonds is 4. The highest BCUT2D eigenvalue weighted by atomic mass is 16.3. The molecule has 1 heteroatoms. The zero-order chi connectivity index (χ0) is 29.6. The van der Waals surface area contributed by atoms with Gasteiger partial charge in [-0.3, -0.25) is 0 Å². The lowest BCUT2D eigenvalue weighted by Gasteiger charge is -2.25. The fraction of sp³-hybridized carbons (Fsp3) is 0.116. The summed E-state index contributed by atoms with van der Waals surface area (Å²) in [6.07, 6.45) is 1.09. The van der Waals surface area contributed by atoms with Gasteiger partial charge in [0.1, 0.15) is 11.2 Å². The van der Waals surface area contributed by atoms with Crippen LogP contribution in [0, 0.1) is 0 Å². The van der Waals surface area contributed by atoms with Crippen molar-refractivity contribution in [1.82, 2.24) is 0 Å². The summed E-state index contributed by atoms with van der Waals surface area (Å²) in [5.41, 5.74) is 8.22. The first-order chi connectivity index (χ1) is 21.5. The van der Waals surface area contributed by atoms with Gasteiger partial charge in [0.15, 0.2) is 0 Å². The molecule has 0 atom stereocenters. The average molecular weight is 565 g/mol. The number of furan rings is 1. The molecule has 0 radical (unpaired) electrons. The average Bonchev–Trinajstić information content (AvgIpc) is 3.45. The molecule has 0 aliphatic heterocycles. The maximum absolute atomic E-state index is 6.61. The molecular weight excluding hydrogens is 532 g/mol. The van der Waals surface area contributed by atoms with Crippen molar-refractivity contribution in [2.45, 2.75) is 32.6 Å². The summed E-state index contributed by atoms with van der Waals surface area (Å²) in [4.78, 5) is 0. The van der Waals surface area contributed by atoms with Crippen molar-refractivity contribution in [2.75, 3.05) is 0 Å². The van der Waals surface area contributed by atoms with Gasteiger partial charge >= 0.3 is 0 Å². The van der Waals surface area contributed by atoms with Gasteiger partial charge in [0.2, 0.25) is 0 Å². The summed E-state index contributed by atoms with van der Waals surface area (Å²) in [7, 11) is 0. The maximum Gasteiger partial charge on any atom is 0.143 e. The van der Waals surface area contributed by atoms with Crippen LogP contribution in [0.2, 0.25) is 0 Å². The summed E-state index contributed by atoms with van der Waals surface area (Å²) in [6, 6.07) is 47.0. The molecule has 8 aromatic carbocycles. The van der Waals surface area contributed by atoms with Gasteiger partial charge in [-0.25, -0.2) is 0 Å². The second-order valence-corrected chi connectivity index (χ2v) is 12.9. The van der Waals surface area contributed by atoms with Gasteiger partial charge in [0.25, 0.3) is 0 Å². The molecule has 9 aromatic rings. The second kappa shape index (κ2) is 9.18. The van der Waals surface area contributed by atoms with Crippen molar-refractivity contribution < 1.29 is 4.42 Å². The van der Waals surface area contributed by atoms with E-state index in [0.717, 1.165) is 33.9 Å². The first-order valence-corrected chi connectivity index (χ1v) is 15.7. The van der Waals surface area contributed by atoms with Gasteiger partial charge < -0.3 is 4.42 Å². The van der Waals surface area contributed by atoms with Gasteiger partial charge in [-0.2, -0.15) is 0 Å². The summed E-state index contributed by atoms with van der Waals surface area (Å²) in [5.74, 6) is 0. The van der Waals surface area contributed by atoms with Gasteiger partial charge in [-0.05, 0) is 89.3 Å². The van der Waals surface area contributed by atoms with Gasteiger partial charge in [0, 0.05) is 16.3 Å². The van der Waals surface area contributed by atoms with Crippen LogP contribution in [0.1, 0.15) is 32.8 Å². The molecule has 0 N–H and O–H groups in total. The lowest BCUT2D eigenvalue weighted by atomic mass is 9.79. The highest BCUT2D eigenvalue weighted by Gasteiger charge is 2.23. The van der Waals surface area contributed by atoms with E-state index in [1.807, 2.05) is 6.07 Å². The number of hydrogen-bond donors (Lipinski definition) is 0. The van der Waals surface area contributed by atoms with E-state index in [2.05, 4.69) is 142 Å². The Hall–Kier alpha value is -5.14. The van der Waals surface area contributed by atoms with E-state index in [9.17, 15) is 0 Å². The van der Waals surface area contributed by atoms with Crippen LogP contribution < -0.4 is 0 Å². The molecule has 0 bridgehead atoms. The molecular formula is C43H32O. The van der Waals surface area contributed by atoms with Crippen molar-refractivity contribution in [3.63, 3.8) is 0 Å². The SMILES string of the molecule is CCC(C)(C)c1cc2ccc3c(-c4cccc5ccccc45)cc(-c4cccc5c4oc4ccccc45)c4ccc(c1)c2c34. The molecule has 0 saturated carbocycles. The molecule has 0 fully saturated rings. The maximum atomic E-state index is 6.61. The van der Waals surface area contributed by atoms with Crippen molar-refractivity contribution >= 4 is 65.0 Å². The summed E-state index contributed by atoms with van der Waals surface area (Å²) >= 11 is 0. The monoisotopic (exact) mass is 564 g/mol. The highest BCUT2D eigenvalue weighted by molar-refractivity contribution is 6.29. The summed E-state index contributed by atoms with van der Waals surface area (Å²) < 4.78 is 6.61. The van der Waals surface area contributed by atoms with Crippen molar-refractivity contribution in [3.8, 4) is 22.3 Å². The molecule has 0 amide bonds. The molecule has 0 spiro atoms. The molecule has 44 heavy (non-hydrogen) atoms. The van der Waals surface area contributed by atoms with Crippen LogP contribution in [0.3, 0.4) is 0 Å². The standard InChI is InChI=1S/C43H32O/c1-4-43(2,3)29-23-27-19-21-33-37(31-15-9-12-26-11-5-6-13-30(26)31)25-38(34-22-20-28(24-29)40(27)41(33)34)36-17-10-16-35-32-14-7-8-18-39(32)44-42(35)36/h5-25H,4H2,1-3H3. The minimum atomic E-state index is 0.112. The van der Waals surface area contributed by atoms with Crippen LogP contribution in [-0.4, -0.2) is 0 Å². The third kappa shape index (κ3) is 3.53. The van der Waals surface area contributed by atoms with Gasteiger partial charge in [0.05, 0.1) is 0 Å². The van der Waals surface area contributed by atoms with Crippen LogP contribution in [-0.2, 0) is 5.41 Å². The smallest absolute Gasteiger partial charge is 0.143 e. The Bertz CT molecular complexity index is 2540. The zero-order valence-corrected chi connectivity index (χ0v) is 25.2. The van der Waals surface area contributed by atoms with Crippen LogP contribution >= 0.6 is 0 Å². The van der Waals surface area contributed by atoms with Crippen molar-refractivity contribution in [1.29, 1.82) is 0 Å². The molecule has 0 aliphatic carbocycles. The van der Waals surface area contributed by atoms with Crippen LogP contribution in [0.15, 0.2) is 132 Å². The predicted octanol–water partition coefficient (Wildman–Crippen LogP) is 12.7. The summed E-state index contributed by atoms with van der Waals surface area (Å²) in [5, 5.41) is 12.7. The number of benzene rings is 8. The fourth-order valence-corrected chi connectivity index (χ4v) is 7.38. The predicted molar refractivity (Wildman–Crippen MR) is 189 cm³/mol. The van der Waals surface area contributed by atoms with Crippen LogP contribution in [0.5, 0.6) is 0 Å². The molecule has 9 rings (SSSR count). The largest absolute Gasteiger partial charge is 0.455 e. The first-order valence-electron chi connectivity index (χ1n) is 15.7. The third-order valence-electron chi connectivity index (χ3n) is 10.2. The number of para-hydroxylation sites is 2. The Kier molecular flexibility index (Phi) is 5.29. The zero-order valence-electron chi connectivity index (χ0n) is 25.2. The Morgan fingerprint density at radius 3 is 1.86 bits per heavy atom. The van der Waals surface area contributed by atoms with E-state index < -0.39 is 0 Å². The van der Waals surface area contributed by atoms with Gasteiger partial charge in [-0.1, -0.05) is 136 Å². The molecule has 1 aromatic heterocycles. The normalized spacial score (nSPS) is 12.5. The van der Waals surface area contributed by atoms with Crippen molar-refractivity contribution in [2.24, 2.45) is 0 Å². The topological polar surface area (TPSA) is 13.1 Å². The molecule has 1 heterocycles. The first kappa shape index (κ1) is 25.4. The van der Waals surface area contributed by atoms with E-state index in [4.69, 9.17) is 4.42 Å². The summed E-state index contributed by atoms with van der Waals surface area (Å²) in [6.45, 7) is 6.99. The lowest BCUT2D eigenvalue weighted by molar-refractivity contribution is 0.507. The van der Waals surface area contributed by atoms with Crippen molar-refractivity contribution in [3.05, 3.63) is 133 Å². The molecule has 210 valence electrons. The molecule has 0 aliphatic rings. The van der Waals surface area contributed by atoms with E-state index >= 15 is 0 Å². The Morgan fingerprint density at radius 2 is 1.09 bits per heavy atom. The van der Waals surface area contributed by atoms with Crippen LogP contribution in [0.25, 0.3) is 87.3 Å². The van der Waals surface area contributed by atoms with Crippen LogP contribution in [0.4, 0.5) is 0 Å². The third-order valence-corrected chi connectivity index (χ3v) is 10.2. The fourth-order valence-electron chi connectivity index (χ4n) is 7.38. The Balaban J connectivity index is 1.46. The Labute approximate surface area is 256 Å². The number of fused-ring (bicyclic) bond motifs is 4. The number of hydrogen-bond acceptors (Lipinski definition) is 1. The minimum Gasteiger partial charge on any atom is -0.455 e. The highest BCUT2D eigenvalue weighted by Crippen LogP contribution is 2.48.